The van der Waals surface area contributed by atoms with Crippen LogP contribution in [0.4, 0.5) is 0 Å². The van der Waals surface area contributed by atoms with E-state index in [0.717, 1.165) is 30.4 Å². The Morgan fingerprint density at radius 2 is 2.25 bits per heavy atom. The van der Waals surface area contributed by atoms with Crippen LogP contribution in [0.1, 0.15) is 19.8 Å². The Bertz CT molecular complexity index is 467. The van der Waals surface area contributed by atoms with Gasteiger partial charge in [-0.1, -0.05) is 12.1 Å². The van der Waals surface area contributed by atoms with Gasteiger partial charge in [-0.3, -0.25) is 4.79 Å². The first-order valence-corrected chi connectivity index (χ1v) is 7.78. The van der Waals surface area contributed by atoms with Gasteiger partial charge in [0.25, 0.3) is 5.91 Å². The SMILES string of the molecule is CN[C@@H]1CCCN(C(=O)[C@@H](C)Oc2ccccc2Br)C1. The first-order chi connectivity index (χ1) is 9.61. The second kappa shape index (κ2) is 7.09. The minimum atomic E-state index is -0.468. The number of amides is 1. The molecule has 20 heavy (non-hydrogen) atoms. The van der Waals surface area contributed by atoms with Gasteiger partial charge >= 0.3 is 0 Å². The third-order valence-corrected chi connectivity index (χ3v) is 4.28. The monoisotopic (exact) mass is 340 g/mol. The van der Waals surface area contributed by atoms with E-state index in [-0.39, 0.29) is 5.91 Å². The second-order valence-corrected chi connectivity index (χ2v) is 5.96. The summed E-state index contributed by atoms with van der Waals surface area (Å²) in [5, 5.41) is 3.24. The summed E-state index contributed by atoms with van der Waals surface area (Å²) in [5.41, 5.74) is 0. The Hall–Kier alpha value is -1.07. The third-order valence-electron chi connectivity index (χ3n) is 3.63. The van der Waals surface area contributed by atoms with Crippen LogP contribution < -0.4 is 10.1 Å². The maximum Gasteiger partial charge on any atom is 0.263 e. The van der Waals surface area contributed by atoms with Crippen LogP contribution in [0, 0.1) is 0 Å². The van der Waals surface area contributed by atoms with Crippen molar-refractivity contribution >= 4 is 21.8 Å². The first-order valence-electron chi connectivity index (χ1n) is 6.99. The molecule has 5 heteroatoms. The van der Waals surface area contributed by atoms with Crippen LogP contribution in [0.2, 0.25) is 0 Å². The fourth-order valence-electron chi connectivity index (χ4n) is 2.45. The van der Waals surface area contributed by atoms with E-state index in [2.05, 4.69) is 21.2 Å². The average molecular weight is 341 g/mol. The molecule has 1 amide bonds. The van der Waals surface area contributed by atoms with Crippen molar-refractivity contribution in [2.24, 2.45) is 0 Å². The highest BCUT2D eigenvalue weighted by atomic mass is 79.9. The lowest BCUT2D eigenvalue weighted by atomic mass is 10.1. The molecule has 0 aliphatic carbocycles. The number of likely N-dealkylation sites (tertiary alicyclic amines) is 1. The molecule has 0 bridgehead atoms. The van der Waals surface area contributed by atoms with Crippen molar-refractivity contribution in [1.29, 1.82) is 0 Å². The molecule has 1 fully saturated rings. The van der Waals surface area contributed by atoms with Gasteiger partial charge in [0.2, 0.25) is 0 Å². The number of piperidine rings is 1. The molecule has 1 aliphatic heterocycles. The molecule has 0 radical (unpaired) electrons. The predicted molar refractivity (Wildman–Crippen MR) is 82.9 cm³/mol. The lowest BCUT2D eigenvalue weighted by Gasteiger charge is -2.34. The van der Waals surface area contributed by atoms with Crippen LogP contribution in [-0.2, 0) is 4.79 Å². The summed E-state index contributed by atoms with van der Waals surface area (Å²) in [7, 11) is 1.94. The molecule has 1 aliphatic rings. The molecular weight excluding hydrogens is 320 g/mol. The molecule has 1 saturated heterocycles. The fraction of sp³-hybridized carbons (Fsp3) is 0.533. The van der Waals surface area contributed by atoms with E-state index in [1.165, 1.54) is 0 Å². The predicted octanol–water partition coefficient (Wildman–Crippen LogP) is 2.43. The Kier molecular flexibility index (Phi) is 5.43. The van der Waals surface area contributed by atoms with Gasteiger partial charge in [0.1, 0.15) is 5.75 Å². The summed E-state index contributed by atoms with van der Waals surface area (Å²) in [6.07, 6.45) is 1.70. The molecule has 0 aromatic heterocycles. The van der Waals surface area contributed by atoms with Gasteiger partial charge in [-0.25, -0.2) is 0 Å². The average Bonchev–Trinajstić information content (AvgIpc) is 2.48. The smallest absolute Gasteiger partial charge is 0.263 e. The fourth-order valence-corrected chi connectivity index (χ4v) is 2.83. The lowest BCUT2D eigenvalue weighted by Crippen LogP contribution is -2.50. The van der Waals surface area contributed by atoms with E-state index >= 15 is 0 Å². The zero-order valence-corrected chi connectivity index (χ0v) is 13.5. The van der Waals surface area contributed by atoms with Crippen molar-refractivity contribution < 1.29 is 9.53 Å². The van der Waals surface area contributed by atoms with E-state index in [9.17, 15) is 4.79 Å². The van der Waals surface area contributed by atoms with E-state index in [1.54, 1.807) is 0 Å². The molecule has 0 unspecified atom stereocenters. The molecule has 2 atom stereocenters. The first kappa shape index (κ1) is 15.3. The lowest BCUT2D eigenvalue weighted by molar-refractivity contribution is -0.139. The van der Waals surface area contributed by atoms with Gasteiger partial charge in [-0.2, -0.15) is 0 Å². The van der Waals surface area contributed by atoms with Crippen LogP contribution in [0.15, 0.2) is 28.7 Å². The van der Waals surface area contributed by atoms with Crippen molar-refractivity contribution in [2.75, 3.05) is 20.1 Å². The Morgan fingerprint density at radius 3 is 2.95 bits per heavy atom. The molecule has 1 heterocycles. The number of likely N-dealkylation sites (N-methyl/N-ethyl adjacent to an activating group) is 1. The molecule has 1 aromatic rings. The number of para-hydroxylation sites is 1. The van der Waals surface area contributed by atoms with Crippen molar-refractivity contribution in [3.63, 3.8) is 0 Å². The van der Waals surface area contributed by atoms with Crippen LogP contribution in [0.25, 0.3) is 0 Å². The number of carbonyl (C=O) groups excluding carboxylic acids is 1. The van der Waals surface area contributed by atoms with Gasteiger partial charge in [0.05, 0.1) is 4.47 Å². The Balaban J connectivity index is 1.96. The van der Waals surface area contributed by atoms with Crippen molar-refractivity contribution in [2.45, 2.75) is 31.9 Å². The number of nitrogens with zero attached hydrogens (tertiary/aromatic N) is 1. The highest BCUT2D eigenvalue weighted by Crippen LogP contribution is 2.25. The van der Waals surface area contributed by atoms with Crippen LogP contribution >= 0.6 is 15.9 Å². The van der Waals surface area contributed by atoms with Crippen LogP contribution in [-0.4, -0.2) is 43.1 Å². The molecule has 1 N–H and O–H groups in total. The van der Waals surface area contributed by atoms with E-state index in [0.29, 0.717) is 11.8 Å². The zero-order chi connectivity index (χ0) is 14.5. The second-order valence-electron chi connectivity index (χ2n) is 5.10. The Morgan fingerprint density at radius 1 is 1.50 bits per heavy atom. The zero-order valence-electron chi connectivity index (χ0n) is 11.9. The van der Waals surface area contributed by atoms with Gasteiger partial charge in [-0.15, -0.1) is 0 Å². The van der Waals surface area contributed by atoms with E-state index in [1.807, 2.05) is 43.1 Å². The number of carbonyl (C=O) groups is 1. The van der Waals surface area contributed by atoms with E-state index in [4.69, 9.17) is 4.74 Å². The molecule has 1 aromatic carbocycles. The third kappa shape index (κ3) is 3.73. The minimum Gasteiger partial charge on any atom is -0.480 e. The summed E-state index contributed by atoms with van der Waals surface area (Å²) < 4.78 is 6.64. The minimum absolute atomic E-state index is 0.0562. The largest absolute Gasteiger partial charge is 0.480 e. The highest BCUT2D eigenvalue weighted by molar-refractivity contribution is 9.10. The molecule has 0 spiro atoms. The maximum absolute atomic E-state index is 12.4. The van der Waals surface area contributed by atoms with Crippen molar-refractivity contribution in [1.82, 2.24) is 10.2 Å². The molecule has 110 valence electrons. The standard InChI is InChI=1S/C15H21BrN2O2/c1-11(20-14-8-4-3-7-13(14)16)15(19)18-9-5-6-12(10-18)17-2/h3-4,7-8,11-12,17H,5-6,9-10H2,1-2H3/t11-,12-/m1/s1. The van der Waals surface area contributed by atoms with Gasteiger partial charge < -0.3 is 15.0 Å². The van der Waals surface area contributed by atoms with Crippen LogP contribution in [0.5, 0.6) is 5.75 Å². The summed E-state index contributed by atoms with van der Waals surface area (Å²) >= 11 is 3.43. The topological polar surface area (TPSA) is 41.6 Å². The number of rotatable bonds is 4. The number of halogens is 1. The summed E-state index contributed by atoms with van der Waals surface area (Å²) in [6.45, 7) is 3.39. The normalized spacial score (nSPS) is 20.6. The molecule has 0 saturated carbocycles. The van der Waals surface area contributed by atoms with Crippen molar-refractivity contribution in [3.8, 4) is 5.75 Å². The number of hydrogen-bond donors (Lipinski definition) is 1. The summed E-state index contributed by atoms with van der Waals surface area (Å²) in [4.78, 5) is 14.3. The van der Waals surface area contributed by atoms with Gasteiger partial charge in [-0.05, 0) is 54.9 Å². The van der Waals surface area contributed by atoms with Crippen molar-refractivity contribution in [3.05, 3.63) is 28.7 Å². The summed E-state index contributed by atoms with van der Waals surface area (Å²) in [5.74, 6) is 0.760. The summed E-state index contributed by atoms with van der Waals surface area (Å²) in [6, 6.07) is 7.98. The molecule has 2 rings (SSSR count). The van der Waals surface area contributed by atoms with Gasteiger partial charge in [0, 0.05) is 19.1 Å². The highest BCUT2D eigenvalue weighted by Gasteiger charge is 2.27. The van der Waals surface area contributed by atoms with Crippen LogP contribution in [0.3, 0.4) is 0 Å². The molecule has 4 nitrogen and oxygen atoms in total. The van der Waals surface area contributed by atoms with E-state index < -0.39 is 6.10 Å². The molecular formula is C15H21BrN2O2. The Labute approximate surface area is 128 Å². The van der Waals surface area contributed by atoms with Gasteiger partial charge in [0.15, 0.2) is 6.10 Å². The number of hydrogen-bond acceptors (Lipinski definition) is 3. The number of nitrogens with one attached hydrogen (secondary N) is 1. The number of benzene rings is 1. The maximum atomic E-state index is 12.4. The number of ether oxygens (including phenoxy) is 1. The quantitative estimate of drug-likeness (QED) is 0.915.